The molecule has 1 saturated heterocycles. The van der Waals surface area contributed by atoms with Crippen LogP contribution in [0.25, 0.3) is 0 Å². The second kappa shape index (κ2) is 15.4. The highest BCUT2D eigenvalue weighted by Crippen LogP contribution is 2.16. The van der Waals surface area contributed by atoms with Gasteiger partial charge in [0.15, 0.2) is 5.96 Å². The molecule has 170 valence electrons. The highest BCUT2D eigenvalue weighted by Gasteiger charge is 2.25. The number of hydrogen-bond donors (Lipinski definition) is 1. The van der Waals surface area contributed by atoms with E-state index >= 15 is 0 Å². The van der Waals surface area contributed by atoms with Crippen LogP contribution >= 0.6 is 24.0 Å². The molecule has 1 aliphatic rings. The Morgan fingerprint density at radius 2 is 2.03 bits per heavy atom. The number of rotatable bonds is 11. The van der Waals surface area contributed by atoms with Crippen LogP contribution < -0.4 is 5.32 Å². The minimum atomic E-state index is 0. The number of nitrogens with one attached hydrogen (secondary N) is 1. The summed E-state index contributed by atoms with van der Waals surface area (Å²) in [5, 5.41) is 3.33. The fourth-order valence-electron chi connectivity index (χ4n) is 3.40. The van der Waals surface area contributed by atoms with E-state index in [9.17, 15) is 4.79 Å². The number of carbonyl (C=O) groups is 1. The van der Waals surface area contributed by atoms with Gasteiger partial charge in [0, 0.05) is 45.8 Å². The molecule has 2 rings (SSSR count). The molecule has 0 saturated carbocycles. The Hall–Kier alpha value is -1.39. The van der Waals surface area contributed by atoms with E-state index in [4.69, 9.17) is 9.47 Å². The summed E-state index contributed by atoms with van der Waals surface area (Å²) in [5.41, 5.74) is 1.13. The highest BCUT2D eigenvalue weighted by atomic mass is 127. The maximum atomic E-state index is 12.7. The van der Waals surface area contributed by atoms with Gasteiger partial charge in [0.05, 0.1) is 19.8 Å². The van der Waals surface area contributed by atoms with Crippen LogP contribution in [0.1, 0.15) is 25.8 Å². The lowest BCUT2D eigenvalue weighted by Crippen LogP contribution is -2.41. The van der Waals surface area contributed by atoms with Crippen LogP contribution in [0.3, 0.4) is 0 Å². The molecule has 1 fully saturated rings. The topological polar surface area (TPSA) is 66.4 Å². The average Bonchev–Trinajstić information content (AvgIpc) is 3.21. The fraction of sp³-hybridized carbons (Fsp3) is 0.636. The number of halogens is 1. The number of amides is 1. The smallest absolute Gasteiger partial charge is 0.244 e. The number of aliphatic imine (C=N–C) groups is 1. The van der Waals surface area contributed by atoms with Crippen LogP contribution in [0.4, 0.5) is 0 Å². The third-order valence-corrected chi connectivity index (χ3v) is 5.02. The standard InChI is InChI=1S/C22H36N4O3.HI/c1-4-23-22(26-12-11-20(17-26)18-29-14-13-28-3)24-15-21(27)25(5-2)16-19-9-7-6-8-10-19;/h6-10,20H,4-5,11-18H2,1-3H3,(H,23,24);1H. The molecule has 1 unspecified atom stereocenters. The molecule has 1 atom stereocenters. The lowest BCUT2D eigenvalue weighted by molar-refractivity contribution is -0.130. The van der Waals surface area contributed by atoms with Gasteiger partial charge in [-0.2, -0.15) is 0 Å². The van der Waals surface area contributed by atoms with Crippen LogP contribution in [-0.4, -0.2) is 81.3 Å². The molecule has 30 heavy (non-hydrogen) atoms. The van der Waals surface area contributed by atoms with Crippen LogP contribution in [-0.2, 0) is 20.8 Å². The lowest BCUT2D eigenvalue weighted by Gasteiger charge is -2.23. The molecule has 1 amide bonds. The van der Waals surface area contributed by atoms with Gasteiger partial charge >= 0.3 is 0 Å². The first-order valence-corrected chi connectivity index (χ1v) is 10.6. The first-order valence-electron chi connectivity index (χ1n) is 10.6. The van der Waals surface area contributed by atoms with Gasteiger partial charge in [-0.1, -0.05) is 30.3 Å². The summed E-state index contributed by atoms with van der Waals surface area (Å²) in [5.74, 6) is 1.35. The van der Waals surface area contributed by atoms with Crippen molar-refractivity contribution < 1.29 is 14.3 Å². The zero-order chi connectivity index (χ0) is 20.9. The summed E-state index contributed by atoms with van der Waals surface area (Å²) in [6.45, 7) is 10.1. The second-order valence-electron chi connectivity index (χ2n) is 7.23. The summed E-state index contributed by atoms with van der Waals surface area (Å²) >= 11 is 0. The van der Waals surface area contributed by atoms with E-state index in [2.05, 4.69) is 15.2 Å². The van der Waals surface area contributed by atoms with Crippen molar-refractivity contribution in [1.82, 2.24) is 15.1 Å². The van der Waals surface area contributed by atoms with Crippen molar-refractivity contribution in [2.45, 2.75) is 26.8 Å². The SMILES string of the molecule is CCNC(=NCC(=O)N(CC)Cc1ccccc1)N1CCC(COCCOC)C1.I. The van der Waals surface area contributed by atoms with E-state index in [1.165, 1.54) is 0 Å². The molecule has 8 heteroatoms. The Morgan fingerprint density at radius 1 is 1.27 bits per heavy atom. The molecule has 0 aromatic heterocycles. The van der Waals surface area contributed by atoms with E-state index in [0.717, 1.165) is 44.2 Å². The Morgan fingerprint density at radius 3 is 2.70 bits per heavy atom. The lowest BCUT2D eigenvalue weighted by atomic mass is 10.1. The Bertz CT molecular complexity index is 630. The number of benzene rings is 1. The summed E-state index contributed by atoms with van der Waals surface area (Å²) in [6, 6.07) is 10.1. The highest BCUT2D eigenvalue weighted by molar-refractivity contribution is 14.0. The van der Waals surface area contributed by atoms with Crippen molar-refractivity contribution in [3.63, 3.8) is 0 Å². The normalized spacial score (nSPS) is 16.3. The minimum Gasteiger partial charge on any atom is -0.382 e. The third kappa shape index (κ3) is 9.18. The van der Waals surface area contributed by atoms with E-state index in [0.29, 0.717) is 32.2 Å². The van der Waals surface area contributed by atoms with Crippen LogP contribution in [0.5, 0.6) is 0 Å². The Balaban J connectivity index is 0.00000450. The first-order chi connectivity index (χ1) is 14.2. The molecular weight excluding hydrogens is 495 g/mol. The van der Waals surface area contributed by atoms with E-state index in [1.807, 2.05) is 49.1 Å². The van der Waals surface area contributed by atoms with Crippen molar-refractivity contribution in [2.24, 2.45) is 10.9 Å². The van der Waals surface area contributed by atoms with Crippen molar-refractivity contribution in [3.05, 3.63) is 35.9 Å². The van der Waals surface area contributed by atoms with E-state index < -0.39 is 0 Å². The van der Waals surface area contributed by atoms with Gasteiger partial charge in [0.1, 0.15) is 6.54 Å². The summed E-state index contributed by atoms with van der Waals surface area (Å²) in [4.78, 5) is 21.4. The van der Waals surface area contributed by atoms with Gasteiger partial charge in [-0.25, -0.2) is 4.99 Å². The largest absolute Gasteiger partial charge is 0.382 e. The average molecular weight is 532 g/mol. The molecule has 7 nitrogen and oxygen atoms in total. The van der Waals surface area contributed by atoms with E-state index in [-0.39, 0.29) is 36.4 Å². The quantitative estimate of drug-likeness (QED) is 0.206. The Kier molecular flexibility index (Phi) is 13.7. The van der Waals surface area contributed by atoms with Crippen molar-refractivity contribution >= 4 is 35.8 Å². The van der Waals surface area contributed by atoms with Gasteiger partial charge in [0.2, 0.25) is 5.91 Å². The number of carbonyl (C=O) groups excluding carboxylic acids is 1. The number of guanidine groups is 1. The number of methoxy groups -OCH3 is 1. The maximum Gasteiger partial charge on any atom is 0.244 e. The summed E-state index contributed by atoms with van der Waals surface area (Å²) < 4.78 is 10.7. The zero-order valence-corrected chi connectivity index (χ0v) is 20.8. The molecule has 1 aliphatic heterocycles. The number of likely N-dealkylation sites (N-methyl/N-ethyl adjacent to an activating group) is 1. The predicted molar refractivity (Wildman–Crippen MR) is 131 cm³/mol. The van der Waals surface area contributed by atoms with Crippen molar-refractivity contribution in [1.29, 1.82) is 0 Å². The van der Waals surface area contributed by atoms with Gasteiger partial charge in [0.25, 0.3) is 0 Å². The zero-order valence-electron chi connectivity index (χ0n) is 18.5. The Labute approximate surface area is 198 Å². The molecule has 1 heterocycles. The van der Waals surface area contributed by atoms with Crippen LogP contribution in [0.15, 0.2) is 35.3 Å². The molecular formula is C22H37IN4O3. The van der Waals surface area contributed by atoms with Gasteiger partial charge in [-0.3, -0.25) is 4.79 Å². The molecule has 1 N–H and O–H groups in total. The molecule has 0 aliphatic carbocycles. The second-order valence-corrected chi connectivity index (χ2v) is 7.23. The molecule has 1 aromatic carbocycles. The van der Waals surface area contributed by atoms with Crippen LogP contribution in [0.2, 0.25) is 0 Å². The minimum absolute atomic E-state index is 0. The molecule has 0 bridgehead atoms. The van der Waals surface area contributed by atoms with Crippen molar-refractivity contribution in [3.8, 4) is 0 Å². The number of ether oxygens (including phenoxy) is 2. The van der Waals surface area contributed by atoms with Gasteiger partial charge in [-0.15, -0.1) is 24.0 Å². The summed E-state index contributed by atoms with van der Waals surface area (Å²) in [7, 11) is 1.68. The fourth-order valence-corrected chi connectivity index (χ4v) is 3.40. The number of hydrogen-bond acceptors (Lipinski definition) is 4. The first kappa shape index (κ1) is 26.6. The predicted octanol–water partition coefficient (Wildman–Crippen LogP) is 2.60. The third-order valence-electron chi connectivity index (χ3n) is 5.02. The monoisotopic (exact) mass is 532 g/mol. The summed E-state index contributed by atoms with van der Waals surface area (Å²) in [6.07, 6.45) is 1.07. The maximum absolute atomic E-state index is 12.7. The van der Waals surface area contributed by atoms with E-state index in [1.54, 1.807) is 7.11 Å². The molecule has 0 spiro atoms. The van der Waals surface area contributed by atoms with Crippen molar-refractivity contribution in [2.75, 3.05) is 59.7 Å². The van der Waals surface area contributed by atoms with Crippen LogP contribution in [0, 0.1) is 5.92 Å². The number of nitrogens with zero attached hydrogens (tertiary/aromatic N) is 3. The molecule has 0 radical (unpaired) electrons. The molecule has 1 aromatic rings. The number of likely N-dealkylation sites (tertiary alicyclic amines) is 1. The van der Waals surface area contributed by atoms with Gasteiger partial charge < -0.3 is 24.6 Å². The van der Waals surface area contributed by atoms with Gasteiger partial charge in [-0.05, 0) is 25.8 Å².